The van der Waals surface area contributed by atoms with E-state index in [1.165, 1.54) is 11.0 Å². The van der Waals surface area contributed by atoms with Crippen LogP contribution in [0.3, 0.4) is 0 Å². The van der Waals surface area contributed by atoms with Crippen LogP contribution in [0.1, 0.15) is 16.9 Å². The summed E-state index contributed by atoms with van der Waals surface area (Å²) in [7, 11) is 0. The van der Waals surface area contributed by atoms with Crippen molar-refractivity contribution in [2.75, 3.05) is 13.1 Å². The number of halogens is 1. The number of H-pyrrole nitrogens is 1. The van der Waals surface area contributed by atoms with Crippen LogP contribution in [-0.4, -0.2) is 40.0 Å². The number of fused-ring (bicyclic) bond motifs is 1. The van der Waals surface area contributed by atoms with E-state index >= 15 is 0 Å². The van der Waals surface area contributed by atoms with Gasteiger partial charge in [0, 0.05) is 34.5 Å². The van der Waals surface area contributed by atoms with Crippen LogP contribution in [0.5, 0.6) is 0 Å². The van der Waals surface area contributed by atoms with E-state index < -0.39 is 11.9 Å². The zero-order valence-corrected chi connectivity index (χ0v) is 13.1. The van der Waals surface area contributed by atoms with Crippen molar-refractivity contribution in [1.29, 1.82) is 0 Å². The molecule has 7 heteroatoms. The van der Waals surface area contributed by atoms with Crippen LogP contribution in [0.2, 0.25) is 0 Å². The number of aromatic nitrogens is 1. The first-order valence-corrected chi connectivity index (χ1v) is 7.59. The zero-order valence-electron chi connectivity index (χ0n) is 11.5. The summed E-state index contributed by atoms with van der Waals surface area (Å²) in [5, 5.41) is 9.49. The first kappa shape index (κ1) is 14.8. The van der Waals surface area contributed by atoms with Crippen molar-refractivity contribution in [3.63, 3.8) is 0 Å². The van der Waals surface area contributed by atoms with Crippen LogP contribution in [0, 0.1) is 5.92 Å². The summed E-state index contributed by atoms with van der Waals surface area (Å²) in [6, 6.07) is 6.47. The van der Waals surface area contributed by atoms with E-state index in [1.54, 1.807) is 18.2 Å². The smallest absolute Gasteiger partial charge is 0.308 e. The molecule has 0 spiro atoms. The van der Waals surface area contributed by atoms with Gasteiger partial charge >= 0.3 is 5.97 Å². The molecule has 1 amide bonds. The maximum absolute atomic E-state index is 12.4. The predicted molar refractivity (Wildman–Crippen MR) is 83.9 cm³/mol. The molecule has 1 aromatic heterocycles. The summed E-state index contributed by atoms with van der Waals surface area (Å²) in [6.45, 7) is 0.560. The number of nitrogens with zero attached hydrogens (tertiary/aromatic N) is 1. The molecule has 0 bridgehead atoms. The average molecular weight is 365 g/mol. The number of likely N-dealkylation sites (tertiary alicyclic amines) is 1. The van der Waals surface area contributed by atoms with E-state index in [0.29, 0.717) is 23.9 Å². The predicted octanol–water partition coefficient (Wildman–Crippen LogP) is 1.84. The Labute approximate surface area is 133 Å². The number of hydrogen-bond acceptors (Lipinski definition) is 3. The number of carboxylic acid groups (broad SMARTS) is 1. The molecule has 6 nitrogen and oxygen atoms in total. The Kier molecular flexibility index (Phi) is 3.74. The number of hydrogen-bond donors (Lipinski definition) is 2. The molecule has 22 heavy (non-hydrogen) atoms. The normalized spacial score (nSPS) is 17.9. The van der Waals surface area contributed by atoms with Gasteiger partial charge in [-0.25, -0.2) is 0 Å². The van der Waals surface area contributed by atoms with E-state index in [1.807, 2.05) is 0 Å². The van der Waals surface area contributed by atoms with Crippen LogP contribution in [0.4, 0.5) is 0 Å². The summed E-state index contributed by atoms with van der Waals surface area (Å²) in [5.41, 5.74) is 0.520. The highest BCUT2D eigenvalue weighted by atomic mass is 79.9. The van der Waals surface area contributed by atoms with Crippen molar-refractivity contribution >= 4 is 38.7 Å². The number of carbonyl (C=O) groups excluding carboxylic acids is 1. The van der Waals surface area contributed by atoms with Crippen LogP contribution >= 0.6 is 15.9 Å². The van der Waals surface area contributed by atoms with E-state index in [9.17, 15) is 14.4 Å². The number of aromatic amines is 1. The number of nitrogens with one attached hydrogen (secondary N) is 1. The van der Waals surface area contributed by atoms with Crippen molar-refractivity contribution < 1.29 is 14.7 Å². The number of carboxylic acids is 1. The second-order valence-electron chi connectivity index (χ2n) is 5.31. The van der Waals surface area contributed by atoms with Gasteiger partial charge in [0.25, 0.3) is 5.91 Å². The van der Waals surface area contributed by atoms with Crippen LogP contribution < -0.4 is 5.43 Å². The Morgan fingerprint density at radius 1 is 1.32 bits per heavy atom. The molecule has 0 radical (unpaired) electrons. The molecule has 1 atom stereocenters. The minimum absolute atomic E-state index is 0.175. The van der Waals surface area contributed by atoms with Gasteiger partial charge in [-0.2, -0.15) is 0 Å². The van der Waals surface area contributed by atoms with Crippen molar-refractivity contribution in [3.8, 4) is 0 Å². The van der Waals surface area contributed by atoms with Crippen molar-refractivity contribution in [1.82, 2.24) is 9.88 Å². The van der Waals surface area contributed by atoms with Gasteiger partial charge < -0.3 is 15.0 Å². The second kappa shape index (κ2) is 5.57. The van der Waals surface area contributed by atoms with Crippen LogP contribution in [-0.2, 0) is 4.79 Å². The molecule has 1 aliphatic heterocycles. The second-order valence-corrected chi connectivity index (χ2v) is 6.23. The average Bonchev–Trinajstić information content (AvgIpc) is 2.97. The Bertz CT molecular complexity index is 830. The minimum Gasteiger partial charge on any atom is -0.481 e. The highest BCUT2D eigenvalue weighted by molar-refractivity contribution is 9.10. The highest BCUT2D eigenvalue weighted by Crippen LogP contribution is 2.20. The molecule has 0 aliphatic carbocycles. The number of carbonyl (C=O) groups is 2. The number of amides is 1. The fraction of sp³-hybridized carbons (Fsp3) is 0.267. The lowest BCUT2D eigenvalue weighted by Crippen LogP contribution is -2.31. The topological polar surface area (TPSA) is 90.5 Å². The standard InChI is InChI=1S/C15H13BrN2O4/c16-9-1-2-11-10(5-9)13(19)6-12(17-11)14(20)18-4-3-8(7-18)15(21)22/h1-2,5-6,8H,3-4,7H2,(H,17,19)(H,21,22)/t8-/m1/s1. The first-order chi connectivity index (χ1) is 10.5. The molecule has 0 unspecified atom stereocenters. The molecule has 1 aromatic carbocycles. The number of benzene rings is 1. The van der Waals surface area contributed by atoms with Gasteiger partial charge in [-0.15, -0.1) is 0 Å². The molecule has 1 saturated heterocycles. The molecule has 0 saturated carbocycles. The quantitative estimate of drug-likeness (QED) is 0.850. The van der Waals surface area contributed by atoms with Crippen molar-refractivity contribution in [2.24, 2.45) is 5.92 Å². The molecule has 2 N–H and O–H groups in total. The molecule has 1 fully saturated rings. The number of aliphatic carboxylic acids is 1. The summed E-state index contributed by atoms with van der Waals surface area (Å²) in [4.78, 5) is 40.0. The molecule has 1 aliphatic rings. The van der Waals surface area contributed by atoms with Crippen LogP contribution in [0.15, 0.2) is 33.5 Å². The summed E-state index contributed by atoms with van der Waals surface area (Å²) >= 11 is 3.30. The Morgan fingerprint density at radius 2 is 2.09 bits per heavy atom. The number of rotatable bonds is 2. The largest absolute Gasteiger partial charge is 0.481 e. The lowest BCUT2D eigenvalue weighted by molar-refractivity contribution is -0.141. The summed E-state index contributed by atoms with van der Waals surface area (Å²) in [6.07, 6.45) is 0.436. The van der Waals surface area contributed by atoms with Crippen molar-refractivity contribution in [3.05, 3.63) is 44.7 Å². The van der Waals surface area contributed by atoms with Crippen molar-refractivity contribution in [2.45, 2.75) is 6.42 Å². The molecular weight excluding hydrogens is 352 g/mol. The van der Waals surface area contributed by atoms with E-state index in [4.69, 9.17) is 5.11 Å². The Balaban J connectivity index is 1.94. The lowest BCUT2D eigenvalue weighted by Gasteiger charge is -2.16. The summed E-state index contributed by atoms with van der Waals surface area (Å²) < 4.78 is 0.786. The lowest BCUT2D eigenvalue weighted by atomic mass is 10.1. The van der Waals surface area contributed by atoms with E-state index in [-0.39, 0.29) is 23.6 Å². The fourth-order valence-corrected chi connectivity index (χ4v) is 3.01. The van der Waals surface area contributed by atoms with Gasteiger partial charge in [0.2, 0.25) is 0 Å². The van der Waals surface area contributed by atoms with Gasteiger partial charge in [0.15, 0.2) is 5.43 Å². The fourth-order valence-electron chi connectivity index (χ4n) is 2.65. The third kappa shape index (κ3) is 2.64. The van der Waals surface area contributed by atoms with Gasteiger partial charge in [0.1, 0.15) is 5.69 Å². The molecule has 2 heterocycles. The monoisotopic (exact) mass is 364 g/mol. The van der Waals surface area contributed by atoms with Crippen LogP contribution in [0.25, 0.3) is 10.9 Å². The summed E-state index contributed by atoms with van der Waals surface area (Å²) in [5.74, 6) is -1.77. The number of pyridine rings is 1. The van der Waals surface area contributed by atoms with E-state index in [2.05, 4.69) is 20.9 Å². The molecule has 114 valence electrons. The van der Waals surface area contributed by atoms with Gasteiger partial charge in [-0.3, -0.25) is 14.4 Å². The van der Waals surface area contributed by atoms with Gasteiger partial charge in [0.05, 0.1) is 5.92 Å². The Morgan fingerprint density at radius 3 is 2.77 bits per heavy atom. The highest BCUT2D eigenvalue weighted by Gasteiger charge is 2.31. The third-order valence-corrected chi connectivity index (χ3v) is 4.34. The molecule has 3 rings (SSSR count). The van der Waals surface area contributed by atoms with Gasteiger partial charge in [-0.1, -0.05) is 15.9 Å². The SMILES string of the molecule is O=C(O)[C@@H]1CCN(C(=O)c2cc(=O)c3cc(Br)ccc3[nH]2)C1. The maximum Gasteiger partial charge on any atom is 0.308 e. The minimum atomic E-state index is -0.896. The third-order valence-electron chi connectivity index (χ3n) is 3.85. The molecular formula is C15H13BrN2O4. The zero-order chi connectivity index (χ0) is 15.9. The maximum atomic E-state index is 12.4. The molecule has 2 aromatic rings. The van der Waals surface area contributed by atoms with Gasteiger partial charge in [-0.05, 0) is 24.6 Å². The van der Waals surface area contributed by atoms with E-state index in [0.717, 1.165) is 4.47 Å². The Hall–Kier alpha value is -2.15. The first-order valence-electron chi connectivity index (χ1n) is 6.80.